The highest BCUT2D eigenvalue weighted by Gasteiger charge is 2.19. The van der Waals surface area contributed by atoms with Gasteiger partial charge in [-0.1, -0.05) is 42.1 Å². The third-order valence-electron chi connectivity index (χ3n) is 3.60. The molecule has 0 atom stereocenters. The molecule has 0 fully saturated rings. The maximum absolute atomic E-state index is 12.0. The summed E-state index contributed by atoms with van der Waals surface area (Å²) >= 11 is 1.63. The Labute approximate surface area is 136 Å². The van der Waals surface area contributed by atoms with Crippen molar-refractivity contribution in [1.29, 1.82) is 0 Å². The quantitative estimate of drug-likeness (QED) is 0.798. The lowest BCUT2D eigenvalue weighted by Crippen LogP contribution is -2.22. The summed E-state index contributed by atoms with van der Waals surface area (Å²) in [5.41, 5.74) is 0. The standard InChI is InChI=1S/C16H14N4O2S/c21-14(17-15-18-19-16-20(15)7-8-23-16)10-22-13-6-5-11-3-1-2-4-12(11)9-13/h1-6,9H,7-8,10H2,(H,17,18,21). The average Bonchev–Trinajstić information content (AvgIpc) is 3.18. The number of anilines is 1. The van der Waals surface area contributed by atoms with E-state index in [0.29, 0.717) is 11.7 Å². The predicted octanol–water partition coefficient (Wildman–Crippen LogP) is 2.55. The zero-order valence-electron chi connectivity index (χ0n) is 12.2. The Morgan fingerprint density at radius 1 is 1.22 bits per heavy atom. The minimum atomic E-state index is -0.245. The van der Waals surface area contributed by atoms with Crippen LogP contribution in [0.1, 0.15) is 0 Å². The number of amides is 1. The van der Waals surface area contributed by atoms with E-state index in [4.69, 9.17) is 4.74 Å². The van der Waals surface area contributed by atoms with Gasteiger partial charge in [-0.3, -0.25) is 14.7 Å². The molecule has 0 radical (unpaired) electrons. The van der Waals surface area contributed by atoms with Crippen LogP contribution in [0.15, 0.2) is 47.6 Å². The zero-order chi connectivity index (χ0) is 15.6. The highest BCUT2D eigenvalue weighted by molar-refractivity contribution is 7.99. The fourth-order valence-corrected chi connectivity index (χ4v) is 3.37. The monoisotopic (exact) mass is 326 g/mol. The molecule has 0 saturated heterocycles. The number of fused-ring (bicyclic) bond motifs is 2. The highest BCUT2D eigenvalue weighted by Crippen LogP contribution is 2.26. The van der Waals surface area contributed by atoms with Gasteiger partial charge < -0.3 is 4.74 Å². The maximum Gasteiger partial charge on any atom is 0.264 e. The van der Waals surface area contributed by atoms with Gasteiger partial charge in [0.1, 0.15) is 5.75 Å². The highest BCUT2D eigenvalue weighted by atomic mass is 32.2. The maximum atomic E-state index is 12.0. The van der Waals surface area contributed by atoms with Crippen LogP contribution in [0, 0.1) is 0 Å². The number of aromatic nitrogens is 3. The van der Waals surface area contributed by atoms with Crippen LogP contribution < -0.4 is 10.1 Å². The Hall–Kier alpha value is -2.54. The lowest BCUT2D eigenvalue weighted by Gasteiger charge is -2.08. The van der Waals surface area contributed by atoms with Crippen molar-refractivity contribution in [2.24, 2.45) is 0 Å². The van der Waals surface area contributed by atoms with E-state index in [9.17, 15) is 4.79 Å². The molecule has 0 aliphatic carbocycles. The Morgan fingerprint density at radius 2 is 2.09 bits per heavy atom. The van der Waals surface area contributed by atoms with Gasteiger partial charge >= 0.3 is 0 Å². The fraction of sp³-hybridized carbons (Fsp3) is 0.188. The van der Waals surface area contributed by atoms with Crippen LogP contribution in [0.25, 0.3) is 10.8 Å². The van der Waals surface area contributed by atoms with Crippen LogP contribution in [0.2, 0.25) is 0 Å². The van der Waals surface area contributed by atoms with Gasteiger partial charge in [0, 0.05) is 12.3 Å². The Bertz CT molecular complexity index is 877. The number of hydrogen-bond donors (Lipinski definition) is 1. The number of benzene rings is 2. The molecule has 116 valence electrons. The van der Waals surface area contributed by atoms with Crippen LogP contribution in [-0.4, -0.2) is 33.0 Å². The van der Waals surface area contributed by atoms with Crippen molar-refractivity contribution in [3.05, 3.63) is 42.5 Å². The van der Waals surface area contributed by atoms with E-state index >= 15 is 0 Å². The van der Waals surface area contributed by atoms with E-state index in [0.717, 1.165) is 28.2 Å². The van der Waals surface area contributed by atoms with Gasteiger partial charge in [0.25, 0.3) is 5.91 Å². The van der Waals surface area contributed by atoms with Crippen LogP contribution in [0.3, 0.4) is 0 Å². The van der Waals surface area contributed by atoms with E-state index < -0.39 is 0 Å². The van der Waals surface area contributed by atoms with Crippen LogP contribution in [-0.2, 0) is 11.3 Å². The van der Waals surface area contributed by atoms with Crippen LogP contribution >= 0.6 is 11.8 Å². The molecule has 2 aromatic carbocycles. The summed E-state index contributed by atoms with van der Waals surface area (Å²) in [6, 6.07) is 13.8. The summed E-state index contributed by atoms with van der Waals surface area (Å²) in [4.78, 5) is 12.0. The molecule has 1 aliphatic rings. The van der Waals surface area contributed by atoms with Gasteiger partial charge in [0.05, 0.1) is 0 Å². The second-order valence-electron chi connectivity index (χ2n) is 5.15. The van der Waals surface area contributed by atoms with Gasteiger partial charge in [-0.15, -0.1) is 10.2 Å². The predicted molar refractivity (Wildman–Crippen MR) is 88.8 cm³/mol. The third kappa shape index (κ3) is 2.87. The molecule has 0 bridgehead atoms. The first kappa shape index (κ1) is 14.1. The summed E-state index contributed by atoms with van der Waals surface area (Å²) in [6.07, 6.45) is 0. The van der Waals surface area contributed by atoms with Crippen molar-refractivity contribution in [3.8, 4) is 5.75 Å². The second-order valence-corrected chi connectivity index (χ2v) is 6.21. The Morgan fingerprint density at radius 3 is 3.00 bits per heavy atom. The molecule has 1 aromatic heterocycles. The minimum absolute atomic E-state index is 0.0618. The number of nitrogens with one attached hydrogen (secondary N) is 1. The van der Waals surface area contributed by atoms with Crippen molar-refractivity contribution in [1.82, 2.24) is 14.8 Å². The van der Waals surface area contributed by atoms with Crippen molar-refractivity contribution in [2.75, 3.05) is 17.7 Å². The summed E-state index contributed by atoms with van der Waals surface area (Å²) < 4.78 is 7.47. The van der Waals surface area contributed by atoms with E-state index in [-0.39, 0.29) is 12.5 Å². The molecule has 0 saturated carbocycles. The smallest absolute Gasteiger partial charge is 0.264 e. The number of nitrogens with zero attached hydrogens (tertiary/aromatic N) is 3. The molecule has 6 nitrogen and oxygen atoms in total. The van der Waals surface area contributed by atoms with Crippen molar-refractivity contribution < 1.29 is 9.53 Å². The third-order valence-corrected chi connectivity index (χ3v) is 4.55. The van der Waals surface area contributed by atoms with Crippen molar-refractivity contribution >= 4 is 34.4 Å². The molecule has 1 aliphatic heterocycles. The number of hydrogen-bond acceptors (Lipinski definition) is 5. The average molecular weight is 326 g/mol. The zero-order valence-corrected chi connectivity index (χ0v) is 13.0. The lowest BCUT2D eigenvalue weighted by atomic mass is 10.1. The SMILES string of the molecule is O=C(COc1ccc2ccccc2c1)Nc1nnc2n1CCS2. The first-order valence-electron chi connectivity index (χ1n) is 7.27. The van der Waals surface area contributed by atoms with Gasteiger partial charge in [-0.05, 0) is 22.9 Å². The number of carbonyl (C=O) groups is 1. The van der Waals surface area contributed by atoms with Gasteiger partial charge in [0.2, 0.25) is 5.95 Å². The molecule has 3 aromatic rings. The molecule has 23 heavy (non-hydrogen) atoms. The van der Waals surface area contributed by atoms with Gasteiger partial charge in [0.15, 0.2) is 11.8 Å². The minimum Gasteiger partial charge on any atom is -0.484 e. The summed E-state index contributed by atoms with van der Waals surface area (Å²) in [5.74, 6) is 1.87. The normalized spacial score (nSPS) is 13.0. The largest absolute Gasteiger partial charge is 0.484 e. The number of carbonyl (C=O) groups excluding carboxylic acids is 1. The van der Waals surface area contributed by atoms with Crippen LogP contribution in [0.5, 0.6) is 5.75 Å². The van der Waals surface area contributed by atoms with Gasteiger partial charge in [-0.25, -0.2) is 0 Å². The number of ether oxygens (including phenoxy) is 1. The molecule has 1 amide bonds. The molecular weight excluding hydrogens is 312 g/mol. The Kier molecular flexibility index (Phi) is 3.63. The van der Waals surface area contributed by atoms with Gasteiger partial charge in [-0.2, -0.15) is 0 Å². The van der Waals surface area contributed by atoms with Crippen LogP contribution in [0.4, 0.5) is 5.95 Å². The lowest BCUT2D eigenvalue weighted by molar-refractivity contribution is -0.118. The molecule has 1 N–H and O–H groups in total. The molecule has 2 heterocycles. The van der Waals surface area contributed by atoms with Crippen molar-refractivity contribution in [3.63, 3.8) is 0 Å². The molecule has 0 unspecified atom stereocenters. The summed E-state index contributed by atoms with van der Waals surface area (Å²) in [7, 11) is 0. The van der Waals surface area contributed by atoms with E-state index in [1.54, 1.807) is 11.8 Å². The Balaban J connectivity index is 1.40. The van der Waals surface area contributed by atoms with E-state index in [2.05, 4.69) is 15.5 Å². The second kappa shape index (κ2) is 5.92. The number of thioether (sulfide) groups is 1. The molecule has 7 heteroatoms. The first-order valence-corrected chi connectivity index (χ1v) is 8.25. The molecular formula is C16H14N4O2S. The molecule has 4 rings (SSSR count). The van der Waals surface area contributed by atoms with E-state index in [1.807, 2.05) is 47.0 Å². The fourth-order valence-electron chi connectivity index (χ4n) is 2.48. The topological polar surface area (TPSA) is 69.0 Å². The number of rotatable bonds is 4. The molecule has 0 spiro atoms. The summed E-state index contributed by atoms with van der Waals surface area (Å²) in [6.45, 7) is 0.752. The first-order chi connectivity index (χ1) is 11.3. The van der Waals surface area contributed by atoms with Crippen molar-refractivity contribution in [2.45, 2.75) is 11.7 Å². The summed E-state index contributed by atoms with van der Waals surface area (Å²) in [5, 5.41) is 13.8. The van der Waals surface area contributed by atoms with E-state index in [1.165, 1.54) is 0 Å².